The lowest BCUT2D eigenvalue weighted by Gasteiger charge is -2.40. The van der Waals surface area contributed by atoms with Crippen LogP contribution in [-0.2, 0) is 9.47 Å². The zero-order valence-corrected chi connectivity index (χ0v) is 22.4. The van der Waals surface area contributed by atoms with Crippen molar-refractivity contribution in [2.75, 3.05) is 25.6 Å². The van der Waals surface area contributed by atoms with Crippen molar-refractivity contribution in [1.82, 2.24) is 0 Å². The maximum atomic E-state index is 12.4. The second kappa shape index (κ2) is 10.7. The standard InChI is InChI=1S/C23H33IO3SSi/c1-17(2)29(18(3)4,19(5)6)12-11-28-16-23(13-26-14-23)15-27-22(25)20-9-7-8-10-21(20)24/h7-10,17-19H,13-16H2,1-6H3. The lowest BCUT2D eigenvalue weighted by molar-refractivity contribution is -0.124. The Morgan fingerprint density at radius 3 is 2.24 bits per heavy atom. The van der Waals surface area contributed by atoms with Gasteiger partial charge in [0.1, 0.15) is 14.7 Å². The van der Waals surface area contributed by atoms with Gasteiger partial charge in [0.15, 0.2) is 0 Å². The minimum atomic E-state index is -1.70. The van der Waals surface area contributed by atoms with Gasteiger partial charge in [-0.1, -0.05) is 65.4 Å². The number of esters is 1. The molecule has 1 aromatic rings. The zero-order valence-electron chi connectivity index (χ0n) is 18.4. The highest BCUT2D eigenvalue weighted by Crippen LogP contribution is 2.41. The summed E-state index contributed by atoms with van der Waals surface area (Å²) in [5.41, 5.74) is 6.15. The third kappa shape index (κ3) is 5.81. The molecule has 0 amide bonds. The highest BCUT2D eigenvalue weighted by Gasteiger charge is 2.42. The second-order valence-corrected chi connectivity index (χ2v) is 16.5. The number of carbonyl (C=O) groups excluding carboxylic acids is 1. The third-order valence-corrected chi connectivity index (χ3v) is 14.4. The SMILES string of the molecule is CC(C)[Si](C#CSCC1(COC(=O)c2ccccc2I)COC1)(C(C)C)C(C)C. The highest BCUT2D eigenvalue weighted by molar-refractivity contribution is 14.1. The Hall–Kier alpha value is -0.493. The highest BCUT2D eigenvalue weighted by atomic mass is 127. The molecule has 1 aromatic carbocycles. The van der Waals surface area contributed by atoms with Crippen LogP contribution >= 0.6 is 34.4 Å². The molecule has 1 fully saturated rings. The fourth-order valence-corrected chi connectivity index (χ4v) is 11.4. The predicted molar refractivity (Wildman–Crippen MR) is 134 cm³/mol. The van der Waals surface area contributed by atoms with Crippen LogP contribution in [0.25, 0.3) is 0 Å². The summed E-state index contributed by atoms with van der Waals surface area (Å²) in [5, 5.41) is 3.45. The molecule has 0 N–H and O–H groups in total. The van der Waals surface area contributed by atoms with Gasteiger partial charge < -0.3 is 9.47 Å². The maximum absolute atomic E-state index is 12.4. The number of carbonyl (C=O) groups is 1. The Morgan fingerprint density at radius 1 is 1.17 bits per heavy atom. The quantitative estimate of drug-likeness (QED) is 0.165. The Kier molecular flexibility index (Phi) is 9.14. The molecule has 6 heteroatoms. The number of hydrogen-bond donors (Lipinski definition) is 0. The van der Waals surface area contributed by atoms with E-state index < -0.39 is 8.07 Å². The summed E-state index contributed by atoms with van der Waals surface area (Å²) in [4.78, 5) is 12.4. The molecule has 0 radical (unpaired) electrons. The number of benzene rings is 1. The molecule has 1 aliphatic rings. The van der Waals surface area contributed by atoms with Crippen LogP contribution in [0.1, 0.15) is 51.9 Å². The van der Waals surface area contributed by atoms with Crippen LogP contribution in [0.4, 0.5) is 0 Å². The van der Waals surface area contributed by atoms with Crippen molar-refractivity contribution in [3.63, 3.8) is 0 Å². The monoisotopic (exact) mass is 544 g/mol. The van der Waals surface area contributed by atoms with Gasteiger partial charge in [-0.15, -0.1) is 5.54 Å². The van der Waals surface area contributed by atoms with E-state index in [2.05, 4.69) is 74.9 Å². The van der Waals surface area contributed by atoms with Crippen LogP contribution in [0, 0.1) is 19.8 Å². The van der Waals surface area contributed by atoms with E-state index in [1.807, 2.05) is 24.3 Å². The molecule has 160 valence electrons. The summed E-state index contributed by atoms with van der Waals surface area (Å²) in [7, 11) is -1.70. The molecule has 0 atom stereocenters. The largest absolute Gasteiger partial charge is 0.461 e. The average molecular weight is 545 g/mol. The fraction of sp³-hybridized carbons (Fsp3) is 0.609. The van der Waals surface area contributed by atoms with Crippen LogP contribution in [0.5, 0.6) is 0 Å². The van der Waals surface area contributed by atoms with Gasteiger partial charge >= 0.3 is 5.97 Å². The first-order chi connectivity index (χ1) is 13.6. The third-order valence-electron chi connectivity index (χ3n) is 6.00. The minimum Gasteiger partial charge on any atom is -0.461 e. The van der Waals surface area contributed by atoms with Gasteiger partial charge in [0.25, 0.3) is 0 Å². The van der Waals surface area contributed by atoms with E-state index in [4.69, 9.17) is 9.47 Å². The molecule has 0 spiro atoms. The van der Waals surface area contributed by atoms with Crippen molar-refractivity contribution in [3.8, 4) is 10.8 Å². The van der Waals surface area contributed by atoms with Crippen LogP contribution in [0.15, 0.2) is 24.3 Å². The van der Waals surface area contributed by atoms with Gasteiger partial charge in [0, 0.05) is 9.32 Å². The first-order valence-electron chi connectivity index (χ1n) is 10.3. The van der Waals surface area contributed by atoms with Crippen molar-refractivity contribution in [2.24, 2.45) is 5.41 Å². The fourth-order valence-electron chi connectivity index (χ4n) is 4.27. The van der Waals surface area contributed by atoms with E-state index in [9.17, 15) is 4.79 Å². The first kappa shape index (κ1) is 24.8. The molecular formula is C23H33IO3SSi. The van der Waals surface area contributed by atoms with E-state index >= 15 is 0 Å². The van der Waals surface area contributed by atoms with Gasteiger partial charge in [-0.3, -0.25) is 0 Å². The Morgan fingerprint density at radius 2 is 1.76 bits per heavy atom. The smallest absolute Gasteiger partial charge is 0.339 e. The molecule has 3 nitrogen and oxygen atoms in total. The summed E-state index contributed by atoms with van der Waals surface area (Å²) in [6, 6.07) is 7.51. The maximum Gasteiger partial charge on any atom is 0.339 e. The summed E-state index contributed by atoms with van der Waals surface area (Å²) in [5.74, 6) is 0.570. The van der Waals surface area contributed by atoms with E-state index in [1.54, 1.807) is 11.8 Å². The lowest BCUT2D eigenvalue weighted by atomic mass is 9.89. The van der Waals surface area contributed by atoms with Crippen molar-refractivity contribution < 1.29 is 14.3 Å². The Balaban J connectivity index is 1.99. The van der Waals surface area contributed by atoms with Crippen molar-refractivity contribution in [2.45, 2.75) is 58.2 Å². The molecule has 2 rings (SSSR count). The van der Waals surface area contributed by atoms with Crippen molar-refractivity contribution >= 4 is 48.4 Å². The molecule has 1 aliphatic heterocycles. The Labute approximate surface area is 195 Å². The normalized spacial score (nSPS) is 15.8. The summed E-state index contributed by atoms with van der Waals surface area (Å²) >= 11 is 3.83. The molecule has 29 heavy (non-hydrogen) atoms. The minimum absolute atomic E-state index is 0.118. The summed E-state index contributed by atoms with van der Waals surface area (Å²) < 4.78 is 12.0. The predicted octanol–water partition coefficient (Wildman–Crippen LogP) is 6.38. The van der Waals surface area contributed by atoms with Crippen LogP contribution < -0.4 is 0 Å². The number of rotatable bonds is 8. The second-order valence-electron chi connectivity index (χ2n) is 8.96. The number of halogens is 1. The molecule has 1 heterocycles. The summed E-state index contributed by atoms with van der Waals surface area (Å²) in [6.07, 6.45) is 0. The average Bonchev–Trinajstić information content (AvgIpc) is 2.62. The molecule has 0 bridgehead atoms. The van der Waals surface area contributed by atoms with Gasteiger partial charge in [-0.25, -0.2) is 4.79 Å². The molecule has 0 aliphatic carbocycles. The number of ether oxygens (including phenoxy) is 2. The number of hydrogen-bond acceptors (Lipinski definition) is 4. The molecule has 1 saturated heterocycles. The van der Waals surface area contributed by atoms with Gasteiger partial charge in [-0.2, -0.15) is 0 Å². The van der Waals surface area contributed by atoms with Crippen molar-refractivity contribution in [1.29, 1.82) is 0 Å². The van der Waals surface area contributed by atoms with Crippen molar-refractivity contribution in [3.05, 3.63) is 33.4 Å². The summed E-state index contributed by atoms with van der Waals surface area (Å²) in [6.45, 7) is 15.6. The molecule has 0 aromatic heterocycles. The molecule has 0 saturated carbocycles. The van der Waals surface area contributed by atoms with E-state index in [1.165, 1.54) is 0 Å². The van der Waals surface area contributed by atoms with E-state index in [-0.39, 0.29) is 11.4 Å². The zero-order chi connectivity index (χ0) is 21.7. The lowest BCUT2D eigenvalue weighted by Crippen LogP contribution is -2.48. The van der Waals surface area contributed by atoms with Gasteiger partial charge in [0.2, 0.25) is 0 Å². The Bertz CT molecular complexity index is 741. The topological polar surface area (TPSA) is 35.5 Å². The van der Waals surface area contributed by atoms with E-state index in [0.29, 0.717) is 42.0 Å². The number of thioether (sulfide) groups is 1. The molecule has 0 unspecified atom stereocenters. The van der Waals surface area contributed by atoms with Gasteiger partial charge in [-0.05, 0) is 56.6 Å². The van der Waals surface area contributed by atoms with E-state index in [0.717, 1.165) is 9.32 Å². The van der Waals surface area contributed by atoms with Gasteiger partial charge in [0.05, 0.1) is 24.2 Å². The first-order valence-corrected chi connectivity index (χ1v) is 14.6. The van der Waals surface area contributed by atoms with Crippen LogP contribution in [0.3, 0.4) is 0 Å². The molecular weight excluding hydrogens is 511 g/mol. The van der Waals surface area contributed by atoms with Crippen LogP contribution in [-0.4, -0.2) is 39.6 Å². The van der Waals surface area contributed by atoms with Crippen LogP contribution in [0.2, 0.25) is 16.6 Å².